The molecule has 0 bridgehead atoms. The third-order valence-corrected chi connectivity index (χ3v) is 5.47. The van der Waals surface area contributed by atoms with Gasteiger partial charge in [-0.25, -0.2) is 9.13 Å². The van der Waals surface area contributed by atoms with E-state index in [1.807, 2.05) is 35.2 Å². The van der Waals surface area contributed by atoms with E-state index in [1.54, 1.807) is 0 Å². The Morgan fingerprint density at radius 2 is 1.30 bits per heavy atom. The summed E-state index contributed by atoms with van der Waals surface area (Å²) in [6.45, 7) is 2.29. The van der Waals surface area contributed by atoms with Crippen molar-refractivity contribution in [1.82, 2.24) is 0 Å². The maximum atomic E-state index is 11.0. The van der Waals surface area contributed by atoms with Crippen LogP contribution in [0.15, 0.2) is 30.6 Å². The molecule has 1 atom stereocenters. The third-order valence-electron chi connectivity index (χ3n) is 4.99. The van der Waals surface area contributed by atoms with Crippen molar-refractivity contribution in [2.45, 2.75) is 96.4 Å². The van der Waals surface area contributed by atoms with Gasteiger partial charge in [-0.05, 0) is 6.42 Å². The number of phosphoric acid groups is 1. The summed E-state index contributed by atoms with van der Waals surface area (Å²) in [5, 5.41) is 0. The Balaban J connectivity index is 2.12. The number of unbranched alkanes of at least 4 members (excludes halogenated alkanes) is 11. The molecular formula is C21H39NO4P+. The van der Waals surface area contributed by atoms with E-state index in [4.69, 9.17) is 14.3 Å². The quantitative estimate of drug-likeness (QED) is 0.199. The molecule has 0 aliphatic rings. The zero-order chi connectivity index (χ0) is 19.8. The Hall–Kier alpha value is -0.740. The highest BCUT2D eigenvalue weighted by atomic mass is 31.2. The van der Waals surface area contributed by atoms with E-state index in [0.29, 0.717) is 0 Å². The highest BCUT2D eigenvalue weighted by Gasteiger charge is 2.23. The van der Waals surface area contributed by atoms with Gasteiger partial charge in [0.2, 0.25) is 0 Å². The molecule has 1 rings (SSSR count). The van der Waals surface area contributed by atoms with Crippen LogP contribution in [0.4, 0.5) is 0 Å². The summed E-state index contributed by atoms with van der Waals surface area (Å²) in [5.74, 6) is 0. The second-order valence-electron chi connectivity index (χ2n) is 7.44. The summed E-state index contributed by atoms with van der Waals surface area (Å²) in [5.41, 5.74) is 0. The number of hydrogen-bond donors (Lipinski definition) is 2. The van der Waals surface area contributed by atoms with Crippen molar-refractivity contribution in [2.24, 2.45) is 0 Å². The summed E-state index contributed by atoms with van der Waals surface area (Å²) >= 11 is 0. The van der Waals surface area contributed by atoms with E-state index in [2.05, 4.69) is 6.92 Å². The highest BCUT2D eigenvalue weighted by molar-refractivity contribution is 7.46. The van der Waals surface area contributed by atoms with Gasteiger partial charge in [-0.1, -0.05) is 83.6 Å². The number of aromatic nitrogens is 1. The van der Waals surface area contributed by atoms with Gasteiger partial charge in [-0.15, -0.1) is 0 Å². The highest BCUT2D eigenvalue weighted by Crippen LogP contribution is 2.36. The fourth-order valence-electron chi connectivity index (χ4n) is 3.38. The van der Waals surface area contributed by atoms with E-state index in [-0.39, 0.29) is 12.6 Å². The van der Waals surface area contributed by atoms with Crippen LogP contribution in [0.2, 0.25) is 0 Å². The van der Waals surface area contributed by atoms with Gasteiger partial charge in [0.1, 0.15) is 6.61 Å². The second kappa shape index (κ2) is 15.2. The normalized spacial score (nSPS) is 13.0. The maximum Gasteiger partial charge on any atom is 0.469 e. The summed E-state index contributed by atoms with van der Waals surface area (Å²) in [7, 11) is -4.42. The Bertz CT molecular complexity index is 506. The van der Waals surface area contributed by atoms with Gasteiger partial charge in [0.25, 0.3) is 0 Å². The molecule has 0 spiro atoms. The molecule has 0 aliphatic carbocycles. The van der Waals surface area contributed by atoms with Gasteiger partial charge in [0, 0.05) is 18.6 Å². The van der Waals surface area contributed by atoms with E-state index >= 15 is 0 Å². The summed E-state index contributed by atoms with van der Waals surface area (Å²) in [6.07, 6.45) is 20.4. The Labute approximate surface area is 165 Å². The van der Waals surface area contributed by atoms with E-state index < -0.39 is 7.82 Å². The van der Waals surface area contributed by atoms with Gasteiger partial charge in [0.15, 0.2) is 18.4 Å². The molecule has 0 aromatic carbocycles. The largest absolute Gasteiger partial charge is 0.469 e. The standard InChI is InChI=1S/C21H38NO4P/c1-2-3-4-5-6-7-8-9-10-11-12-14-17-21(20-26-27(23,24)25)22-18-15-13-16-19-22/h13,15-16,18-19,21H,2-12,14,17,20H2,1H3,(H-,23,24,25)/p+1. The molecule has 6 heteroatoms. The van der Waals surface area contributed by atoms with Crippen LogP contribution in [0.1, 0.15) is 96.4 Å². The minimum absolute atomic E-state index is 0.0387. The van der Waals surface area contributed by atoms with Crippen LogP contribution in [0.3, 0.4) is 0 Å². The SMILES string of the molecule is CCCCCCCCCCCCCCC(COP(=O)(O)O)[n+]1ccccc1. The minimum Gasteiger partial charge on any atom is -0.303 e. The van der Waals surface area contributed by atoms with Crippen molar-refractivity contribution in [3.8, 4) is 0 Å². The molecule has 1 aromatic heterocycles. The molecule has 0 aliphatic heterocycles. The molecule has 0 radical (unpaired) electrons. The molecule has 5 nitrogen and oxygen atoms in total. The molecule has 1 aromatic rings. The maximum absolute atomic E-state index is 11.0. The van der Waals surface area contributed by atoms with Crippen LogP contribution in [0.5, 0.6) is 0 Å². The second-order valence-corrected chi connectivity index (χ2v) is 8.68. The van der Waals surface area contributed by atoms with E-state index in [9.17, 15) is 4.57 Å². The van der Waals surface area contributed by atoms with E-state index in [1.165, 1.54) is 64.2 Å². The Morgan fingerprint density at radius 3 is 1.78 bits per heavy atom. The van der Waals surface area contributed by atoms with Crippen molar-refractivity contribution in [2.75, 3.05) is 6.61 Å². The lowest BCUT2D eigenvalue weighted by Crippen LogP contribution is -2.41. The van der Waals surface area contributed by atoms with Gasteiger partial charge in [0.05, 0.1) is 0 Å². The monoisotopic (exact) mass is 400 g/mol. The molecule has 1 heterocycles. The lowest BCUT2D eigenvalue weighted by Gasteiger charge is -2.13. The lowest BCUT2D eigenvalue weighted by molar-refractivity contribution is -0.724. The average Bonchev–Trinajstić information content (AvgIpc) is 2.65. The zero-order valence-corrected chi connectivity index (χ0v) is 17.9. The van der Waals surface area contributed by atoms with Crippen LogP contribution in [-0.4, -0.2) is 16.4 Å². The molecule has 1 unspecified atom stereocenters. The Kier molecular flexibility index (Phi) is 13.7. The fraction of sp³-hybridized carbons (Fsp3) is 0.762. The van der Waals surface area contributed by atoms with E-state index in [0.717, 1.165) is 19.3 Å². The predicted molar refractivity (Wildman–Crippen MR) is 109 cm³/mol. The van der Waals surface area contributed by atoms with Crippen LogP contribution < -0.4 is 4.57 Å². The van der Waals surface area contributed by atoms with Crippen molar-refractivity contribution in [1.29, 1.82) is 0 Å². The predicted octanol–water partition coefficient (Wildman–Crippen LogP) is 5.72. The number of nitrogens with zero attached hydrogens (tertiary/aromatic N) is 1. The number of phosphoric ester groups is 1. The fourth-order valence-corrected chi connectivity index (χ4v) is 3.74. The van der Waals surface area contributed by atoms with Crippen LogP contribution in [0, 0.1) is 0 Å². The molecule has 0 saturated carbocycles. The summed E-state index contributed by atoms with van der Waals surface area (Å²) < 4.78 is 17.7. The summed E-state index contributed by atoms with van der Waals surface area (Å²) in [6, 6.07) is 5.74. The lowest BCUT2D eigenvalue weighted by atomic mass is 10.0. The van der Waals surface area contributed by atoms with Gasteiger partial charge in [-0.3, -0.25) is 4.52 Å². The number of rotatable bonds is 17. The molecule has 0 saturated heterocycles. The molecule has 2 N–H and O–H groups in total. The molecule has 0 fully saturated rings. The number of hydrogen-bond acceptors (Lipinski definition) is 2. The first-order valence-corrected chi connectivity index (χ1v) is 12.2. The smallest absolute Gasteiger partial charge is 0.303 e. The summed E-state index contributed by atoms with van der Waals surface area (Å²) in [4.78, 5) is 17.9. The van der Waals surface area contributed by atoms with Crippen molar-refractivity contribution >= 4 is 7.82 Å². The first kappa shape index (κ1) is 24.3. The topological polar surface area (TPSA) is 70.6 Å². The van der Waals surface area contributed by atoms with Crippen LogP contribution in [0.25, 0.3) is 0 Å². The molecular weight excluding hydrogens is 361 g/mol. The van der Waals surface area contributed by atoms with Crippen LogP contribution >= 0.6 is 7.82 Å². The first-order valence-electron chi connectivity index (χ1n) is 10.7. The Morgan fingerprint density at radius 1 is 0.815 bits per heavy atom. The first-order chi connectivity index (χ1) is 13.0. The minimum atomic E-state index is -4.42. The molecule has 27 heavy (non-hydrogen) atoms. The average molecular weight is 401 g/mol. The van der Waals surface area contributed by atoms with Crippen LogP contribution in [-0.2, 0) is 9.09 Å². The van der Waals surface area contributed by atoms with Crippen molar-refractivity contribution in [3.05, 3.63) is 30.6 Å². The molecule has 156 valence electrons. The molecule has 0 amide bonds. The van der Waals surface area contributed by atoms with Gasteiger partial charge >= 0.3 is 7.82 Å². The third kappa shape index (κ3) is 14.0. The van der Waals surface area contributed by atoms with Crippen molar-refractivity contribution in [3.63, 3.8) is 0 Å². The van der Waals surface area contributed by atoms with Crippen molar-refractivity contribution < 1.29 is 23.4 Å². The van der Waals surface area contributed by atoms with Gasteiger partial charge < -0.3 is 9.79 Å². The van der Waals surface area contributed by atoms with Gasteiger partial charge in [-0.2, -0.15) is 0 Å². The zero-order valence-electron chi connectivity index (χ0n) is 17.0. The number of pyridine rings is 1.